The average Bonchev–Trinajstić information content (AvgIpc) is 3.37. The molecule has 3 N–H and O–H groups in total. The second-order valence-corrected chi connectivity index (χ2v) is 8.16. The molecular formula is C16H23N3O3S. The van der Waals surface area contributed by atoms with Crippen molar-refractivity contribution in [3.05, 3.63) is 24.3 Å². The molecule has 1 aromatic carbocycles. The van der Waals surface area contributed by atoms with Crippen LogP contribution in [0.15, 0.2) is 29.2 Å². The molecule has 0 bridgehead atoms. The fourth-order valence-corrected chi connectivity index (χ4v) is 3.54. The monoisotopic (exact) mass is 337 g/mol. The van der Waals surface area contributed by atoms with Crippen LogP contribution in [-0.2, 0) is 14.8 Å². The van der Waals surface area contributed by atoms with E-state index >= 15 is 0 Å². The Morgan fingerprint density at radius 1 is 1.35 bits per heavy atom. The van der Waals surface area contributed by atoms with Gasteiger partial charge in [0.2, 0.25) is 15.9 Å². The molecule has 2 saturated carbocycles. The van der Waals surface area contributed by atoms with Gasteiger partial charge in [-0.3, -0.25) is 9.69 Å². The summed E-state index contributed by atoms with van der Waals surface area (Å²) in [6.07, 6.45) is 4.82. The Hall–Kier alpha value is -1.44. The van der Waals surface area contributed by atoms with E-state index < -0.39 is 10.0 Å². The molecule has 0 saturated heterocycles. The van der Waals surface area contributed by atoms with Crippen LogP contribution in [-0.4, -0.2) is 37.9 Å². The summed E-state index contributed by atoms with van der Waals surface area (Å²) in [5.74, 6) is 0.602. The molecule has 0 unspecified atom stereocenters. The number of sulfonamides is 1. The van der Waals surface area contributed by atoms with Crippen molar-refractivity contribution in [2.45, 2.75) is 49.6 Å². The van der Waals surface area contributed by atoms with Gasteiger partial charge in [0.25, 0.3) is 0 Å². The number of anilines is 1. The summed E-state index contributed by atoms with van der Waals surface area (Å²) in [7, 11) is -3.77. The maximum atomic E-state index is 12.3. The highest BCUT2D eigenvalue weighted by molar-refractivity contribution is 7.89. The van der Waals surface area contributed by atoms with Crippen LogP contribution in [0.2, 0.25) is 0 Å². The molecule has 0 aromatic heterocycles. The van der Waals surface area contributed by atoms with Gasteiger partial charge in [0.05, 0.1) is 11.4 Å². The summed E-state index contributed by atoms with van der Waals surface area (Å²) in [6, 6.07) is 6.99. The van der Waals surface area contributed by atoms with Gasteiger partial charge < -0.3 is 5.32 Å². The first-order valence-corrected chi connectivity index (χ1v) is 9.57. The smallest absolute Gasteiger partial charge is 0.238 e. The van der Waals surface area contributed by atoms with Crippen molar-refractivity contribution >= 4 is 21.6 Å². The fourth-order valence-electron chi connectivity index (χ4n) is 2.98. The summed E-state index contributed by atoms with van der Waals surface area (Å²) in [6.45, 7) is 2.55. The van der Waals surface area contributed by atoms with Gasteiger partial charge in [-0.25, -0.2) is 13.6 Å². The topological polar surface area (TPSA) is 92.5 Å². The molecule has 6 nitrogen and oxygen atoms in total. The fraction of sp³-hybridized carbons (Fsp3) is 0.562. The second-order valence-electron chi connectivity index (χ2n) is 6.60. The first-order chi connectivity index (χ1) is 10.8. The molecule has 1 aromatic rings. The van der Waals surface area contributed by atoms with Crippen LogP contribution in [0.3, 0.4) is 0 Å². The van der Waals surface area contributed by atoms with Crippen LogP contribution in [0.25, 0.3) is 0 Å². The van der Waals surface area contributed by atoms with Gasteiger partial charge in [-0.2, -0.15) is 0 Å². The van der Waals surface area contributed by atoms with E-state index in [1.807, 2.05) is 0 Å². The second kappa shape index (κ2) is 6.22. The third-order valence-electron chi connectivity index (χ3n) is 4.62. The Labute approximate surface area is 137 Å². The molecule has 0 heterocycles. The lowest BCUT2D eigenvalue weighted by Gasteiger charge is -2.28. The van der Waals surface area contributed by atoms with Gasteiger partial charge in [0, 0.05) is 17.8 Å². The van der Waals surface area contributed by atoms with Crippen LogP contribution in [0.1, 0.15) is 32.6 Å². The number of carbonyl (C=O) groups is 1. The van der Waals surface area contributed by atoms with E-state index in [2.05, 4.69) is 17.1 Å². The lowest BCUT2D eigenvalue weighted by molar-refractivity contribution is -0.118. The van der Waals surface area contributed by atoms with Gasteiger partial charge >= 0.3 is 0 Å². The number of primary sulfonamides is 1. The number of nitrogens with two attached hydrogens (primary N) is 1. The SMILES string of the molecule is C[C@@H](C1CC1)N(CC(=O)Nc1cccc(S(N)(=O)=O)c1)C1CC1. The summed E-state index contributed by atoms with van der Waals surface area (Å²) < 4.78 is 22.7. The predicted octanol–water partition coefficient (Wildman–Crippen LogP) is 1.54. The van der Waals surface area contributed by atoms with Gasteiger partial charge in [-0.1, -0.05) is 6.07 Å². The quantitative estimate of drug-likeness (QED) is 0.789. The maximum absolute atomic E-state index is 12.3. The van der Waals surface area contributed by atoms with E-state index in [0.29, 0.717) is 30.2 Å². The number of nitrogens with zero attached hydrogens (tertiary/aromatic N) is 1. The zero-order valence-electron chi connectivity index (χ0n) is 13.2. The summed E-state index contributed by atoms with van der Waals surface area (Å²) >= 11 is 0. The summed E-state index contributed by atoms with van der Waals surface area (Å²) in [4.78, 5) is 14.6. The van der Waals surface area contributed by atoms with Crippen molar-refractivity contribution in [3.63, 3.8) is 0 Å². The number of hydrogen-bond acceptors (Lipinski definition) is 4. The van der Waals surface area contributed by atoms with Crippen molar-refractivity contribution in [1.82, 2.24) is 4.90 Å². The van der Waals surface area contributed by atoms with Crippen molar-refractivity contribution < 1.29 is 13.2 Å². The molecule has 0 aliphatic heterocycles. The number of benzene rings is 1. The normalized spacial score (nSPS) is 19.6. The highest BCUT2D eigenvalue weighted by Gasteiger charge is 2.39. The number of hydrogen-bond donors (Lipinski definition) is 2. The lowest BCUT2D eigenvalue weighted by atomic mass is 10.1. The minimum atomic E-state index is -3.77. The molecular weight excluding hydrogens is 314 g/mol. The molecule has 0 radical (unpaired) electrons. The van der Waals surface area contributed by atoms with Gasteiger partial charge in [-0.15, -0.1) is 0 Å². The van der Waals surface area contributed by atoms with Crippen LogP contribution in [0, 0.1) is 5.92 Å². The molecule has 2 aliphatic rings. The Balaban J connectivity index is 1.64. The number of nitrogens with one attached hydrogen (secondary N) is 1. The van der Waals surface area contributed by atoms with E-state index in [9.17, 15) is 13.2 Å². The van der Waals surface area contributed by atoms with Crippen molar-refractivity contribution in [3.8, 4) is 0 Å². The third kappa shape index (κ3) is 4.31. The van der Waals surface area contributed by atoms with Crippen LogP contribution in [0.4, 0.5) is 5.69 Å². The first kappa shape index (κ1) is 16.4. The van der Waals surface area contributed by atoms with Crippen molar-refractivity contribution in [1.29, 1.82) is 0 Å². The number of amides is 1. The number of rotatable bonds is 7. The molecule has 3 rings (SSSR count). The van der Waals surface area contributed by atoms with E-state index in [-0.39, 0.29) is 10.8 Å². The van der Waals surface area contributed by atoms with Gasteiger partial charge in [-0.05, 0) is 56.7 Å². The Morgan fingerprint density at radius 3 is 2.61 bits per heavy atom. The summed E-state index contributed by atoms with van der Waals surface area (Å²) in [5.41, 5.74) is 0.455. The summed E-state index contributed by atoms with van der Waals surface area (Å²) in [5, 5.41) is 7.90. The van der Waals surface area contributed by atoms with Gasteiger partial charge in [0.1, 0.15) is 0 Å². The van der Waals surface area contributed by atoms with Crippen LogP contribution < -0.4 is 10.5 Å². The molecule has 1 amide bonds. The average molecular weight is 337 g/mol. The standard InChI is InChI=1S/C16H23N3O3S/c1-11(12-5-6-12)19(14-7-8-14)10-16(20)18-13-3-2-4-15(9-13)23(17,21)22/h2-4,9,11-12,14H,5-8,10H2,1H3,(H,18,20)(H2,17,21,22)/t11-/m0/s1. The Kier molecular flexibility index (Phi) is 4.44. The minimum Gasteiger partial charge on any atom is -0.325 e. The molecule has 7 heteroatoms. The zero-order valence-corrected chi connectivity index (χ0v) is 14.1. The first-order valence-electron chi connectivity index (χ1n) is 8.03. The molecule has 2 aliphatic carbocycles. The highest BCUT2D eigenvalue weighted by atomic mass is 32.2. The molecule has 2 fully saturated rings. The Bertz CT molecular complexity index is 696. The zero-order chi connectivity index (χ0) is 16.6. The minimum absolute atomic E-state index is 0.000646. The maximum Gasteiger partial charge on any atom is 0.238 e. The van der Waals surface area contributed by atoms with Gasteiger partial charge in [0.15, 0.2) is 0 Å². The molecule has 0 spiro atoms. The highest BCUT2D eigenvalue weighted by Crippen LogP contribution is 2.39. The Morgan fingerprint density at radius 2 is 2.04 bits per heavy atom. The van der Waals surface area contributed by atoms with E-state index in [1.165, 1.54) is 25.0 Å². The van der Waals surface area contributed by atoms with Crippen LogP contribution in [0.5, 0.6) is 0 Å². The van der Waals surface area contributed by atoms with Crippen molar-refractivity contribution in [2.75, 3.05) is 11.9 Å². The van der Waals surface area contributed by atoms with E-state index in [4.69, 9.17) is 5.14 Å². The predicted molar refractivity (Wildman–Crippen MR) is 88.4 cm³/mol. The van der Waals surface area contributed by atoms with E-state index in [1.54, 1.807) is 12.1 Å². The third-order valence-corrected chi connectivity index (χ3v) is 5.53. The largest absolute Gasteiger partial charge is 0.325 e. The van der Waals surface area contributed by atoms with Crippen molar-refractivity contribution in [2.24, 2.45) is 11.1 Å². The molecule has 1 atom stereocenters. The van der Waals surface area contributed by atoms with E-state index in [0.717, 1.165) is 12.8 Å². The molecule has 23 heavy (non-hydrogen) atoms. The van der Waals surface area contributed by atoms with Crippen LogP contribution >= 0.6 is 0 Å². The molecule has 126 valence electrons. The number of carbonyl (C=O) groups excluding carboxylic acids is 1. The lowest BCUT2D eigenvalue weighted by Crippen LogP contribution is -2.42.